The molecule has 0 saturated heterocycles. The number of hydrogen-bond acceptors (Lipinski definition) is 5. The molecule has 2 rings (SSSR count). The first-order valence-electron chi connectivity index (χ1n) is 5.56. The highest BCUT2D eigenvalue weighted by atomic mass is 32.1. The highest BCUT2D eigenvalue weighted by Crippen LogP contribution is 2.17. The molecule has 0 bridgehead atoms. The number of rotatable bonds is 4. The van der Waals surface area contributed by atoms with E-state index in [-0.39, 0.29) is 5.91 Å². The smallest absolute Gasteiger partial charge is 0.348 e. The van der Waals surface area contributed by atoms with Crippen molar-refractivity contribution in [2.45, 2.75) is 6.54 Å². The second kappa shape index (κ2) is 6.10. The summed E-state index contributed by atoms with van der Waals surface area (Å²) in [4.78, 5) is 27.9. The maximum absolute atomic E-state index is 11.9. The number of hydrogen-bond donors (Lipinski definition) is 1. The van der Waals surface area contributed by atoms with E-state index in [1.807, 2.05) is 12.1 Å². The van der Waals surface area contributed by atoms with E-state index in [1.54, 1.807) is 24.5 Å². The average molecular weight is 276 g/mol. The van der Waals surface area contributed by atoms with Gasteiger partial charge in [0.05, 0.1) is 12.0 Å². The van der Waals surface area contributed by atoms with E-state index in [1.165, 1.54) is 7.11 Å². The molecule has 0 unspecified atom stereocenters. The van der Waals surface area contributed by atoms with Crippen molar-refractivity contribution in [3.8, 4) is 0 Å². The van der Waals surface area contributed by atoms with Crippen LogP contribution in [0.25, 0.3) is 0 Å². The van der Waals surface area contributed by atoms with Gasteiger partial charge in [0, 0.05) is 18.9 Å². The summed E-state index contributed by atoms with van der Waals surface area (Å²) in [5.74, 6) is -0.643. The maximum Gasteiger partial charge on any atom is 0.348 e. The minimum Gasteiger partial charge on any atom is -0.465 e. The number of pyridine rings is 1. The first-order valence-corrected chi connectivity index (χ1v) is 6.37. The summed E-state index contributed by atoms with van der Waals surface area (Å²) in [5, 5.41) is 2.78. The fourth-order valence-electron chi connectivity index (χ4n) is 1.44. The number of ether oxygens (including phenoxy) is 1. The van der Waals surface area contributed by atoms with Crippen molar-refractivity contribution < 1.29 is 14.3 Å². The van der Waals surface area contributed by atoms with Crippen LogP contribution in [-0.4, -0.2) is 24.0 Å². The number of carbonyl (C=O) groups excluding carboxylic acids is 2. The van der Waals surface area contributed by atoms with E-state index >= 15 is 0 Å². The van der Waals surface area contributed by atoms with Gasteiger partial charge in [0.25, 0.3) is 5.91 Å². The van der Waals surface area contributed by atoms with Gasteiger partial charge in [0.2, 0.25) is 0 Å². The molecule has 19 heavy (non-hydrogen) atoms. The second-order valence-corrected chi connectivity index (χ2v) is 4.78. The van der Waals surface area contributed by atoms with Gasteiger partial charge < -0.3 is 10.1 Å². The molecule has 1 N–H and O–H groups in total. The van der Waals surface area contributed by atoms with Crippen LogP contribution in [-0.2, 0) is 11.3 Å². The Bertz CT molecular complexity index is 581. The van der Waals surface area contributed by atoms with Crippen LogP contribution in [0.15, 0.2) is 36.7 Å². The molecule has 0 aliphatic carbocycles. The molecule has 0 atom stereocenters. The minimum atomic E-state index is -0.432. The fourth-order valence-corrected chi connectivity index (χ4v) is 2.28. The van der Waals surface area contributed by atoms with Gasteiger partial charge in [-0.3, -0.25) is 9.78 Å². The summed E-state index contributed by atoms with van der Waals surface area (Å²) >= 11 is 1.11. The quantitative estimate of drug-likeness (QED) is 0.865. The summed E-state index contributed by atoms with van der Waals surface area (Å²) in [5.41, 5.74) is 0.966. The number of esters is 1. The van der Waals surface area contributed by atoms with E-state index in [0.717, 1.165) is 16.9 Å². The van der Waals surface area contributed by atoms with Crippen LogP contribution in [0.3, 0.4) is 0 Å². The van der Waals surface area contributed by atoms with Crippen molar-refractivity contribution in [1.29, 1.82) is 0 Å². The summed E-state index contributed by atoms with van der Waals surface area (Å²) in [6, 6.07) is 6.85. The van der Waals surface area contributed by atoms with E-state index < -0.39 is 5.97 Å². The van der Waals surface area contributed by atoms with Crippen LogP contribution in [0.5, 0.6) is 0 Å². The molecule has 5 nitrogen and oxygen atoms in total. The highest BCUT2D eigenvalue weighted by molar-refractivity contribution is 7.15. The molecule has 2 aromatic rings. The van der Waals surface area contributed by atoms with Crippen LogP contribution >= 0.6 is 11.3 Å². The summed E-state index contributed by atoms with van der Waals surface area (Å²) in [6.07, 6.45) is 3.34. The van der Waals surface area contributed by atoms with Gasteiger partial charge in [-0.05, 0) is 29.8 Å². The van der Waals surface area contributed by atoms with Gasteiger partial charge in [-0.1, -0.05) is 0 Å². The van der Waals surface area contributed by atoms with Gasteiger partial charge in [0.1, 0.15) is 4.88 Å². The number of nitrogens with one attached hydrogen (secondary N) is 1. The summed E-state index contributed by atoms with van der Waals surface area (Å²) in [6.45, 7) is 0.423. The lowest BCUT2D eigenvalue weighted by atomic mass is 10.2. The topological polar surface area (TPSA) is 68.3 Å². The molecule has 0 fully saturated rings. The molecule has 98 valence electrons. The van der Waals surface area contributed by atoms with E-state index in [9.17, 15) is 9.59 Å². The first-order chi connectivity index (χ1) is 9.20. The normalized spacial score (nSPS) is 9.95. The lowest BCUT2D eigenvalue weighted by molar-refractivity contribution is 0.0606. The SMILES string of the molecule is COC(=O)c1ccc(C(=O)NCc2ccncc2)s1. The van der Waals surface area contributed by atoms with Gasteiger partial charge >= 0.3 is 5.97 Å². The maximum atomic E-state index is 11.9. The molecular weight excluding hydrogens is 264 g/mol. The Morgan fingerprint density at radius 3 is 2.58 bits per heavy atom. The predicted octanol–water partition coefficient (Wildman–Crippen LogP) is 1.86. The zero-order valence-corrected chi connectivity index (χ0v) is 11.1. The number of aromatic nitrogens is 1. The molecule has 6 heteroatoms. The Morgan fingerprint density at radius 2 is 1.89 bits per heavy atom. The zero-order valence-electron chi connectivity index (χ0n) is 10.3. The van der Waals surface area contributed by atoms with Crippen LogP contribution in [0, 0.1) is 0 Å². The standard InChI is InChI=1S/C13H12N2O3S/c1-18-13(17)11-3-2-10(19-11)12(16)15-8-9-4-6-14-7-5-9/h2-7H,8H2,1H3,(H,15,16). The average Bonchev–Trinajstić information content (AvgIpc) is 2.95. The van der Waals surface area contributed by atoms with Crippen molar-refractivity contribution in [3.63, 3.8) is 0 Å². The van der Waals surface area contributed by atoms with Crippen LogP contribution in [0.2, 0.25) is 0 Å². The minimum absolute atomic E-state index is 0.211. The number of nitrogens with zero attached hydrogens (tertiary/aromatic N) is 1. The van der Waals surface area contributed by atoms with Crippen molar-refractivity contribution >= 4 is 23.2 Å². The largest absolute Gasteiger partial charge is 0.465 e. The Morgan fingerprint density at radius 1 is 1.21 bits per heavy atom. The van der Waals surface area contributed by atoms with Crippen molar-refractivity contribution in [2.24, 2.45) is 0 Å². The first kappa shape index (κ1) is 13.2. The Balaban J connectivity index is 1.97. The number of thiophene rings is 1. The number of amides is 1. The second-order valence-electron chi connectivity index (χ2n) is 3.69. The molecule has 0 spiro atoms. The Labute approximate surface area is 114 Å². The molecule has 2 aromatic heterocycles. The van der Waals surface area contributed by atoms with E-state index in [4.69, 9.17) is 0 Å². The number of methoxy groups -OCH3 is 1. The molecule has 0 aliphatic heterocycles. The van der Waals surface area contributed by atoms with Crippen molar-refractivity contribution in [3.05, 3.63) is 52.0 Å². The molecular formula is C13H12N2O3S. The van der Waals surface area contributed by atoms with Gasteiger partial charge in [-0.15, -0.1) is 11.3 Å². The molecule has 1 amide bonds. The third kappa shape index (κ3) is 3.38. The molecule has 0 radical (unpaired) electrons. The predicted molar refractivity (Wildman–Crippen MR) is 71.1 cm³/mol. The van der Waals surface area contributed by atoms with Gasteiger partial charge in [-0.25, -0.2) is 4.79 Å². The molecule has 0 aliphatic rings. The van der Waals surface area contributed by atoms with Gasteiger partial charge in [0.15, 0.2) is 0 Å². The zero-order chi connectivity index (χ0) is 13.7. The third-order valence-corrected chi connectivity index (χ3v) is 3.48. The van der Waals surface area contributed by atoms with E-state index in [2.05, 4.69) is 15.0 Å². The van der Waals surface area contributed by atoms with Crippen LogP contribution in [0.4, 0.5) is 0 Å². The van der Waals surface area contributed by atoms with Crippen molar-refractivity contribution in [1.82, 2.24) is 10.3 Å². The van der Waals surface area contributed by atoms with Crippen molar-refractivity contribution in [2.75, 3.05) is 7.11 Å². The molecule has 0 saturated carbocycles. The molecule has 0 aromatic carbocycles. The highest BCUT2D eigenvalue weighted by Gasteiger charge is 2.13. The number of carbonyl (C=O) groups is 2. The molecule has 2 heterocycles. The fraction of sp³-hybridized carbons (Fsp3) is 0.154. The Hall–Kier alpha value is -2.21. The summed E-state index contributed by atoms with van der Waals surface area (Å²) in [7, 11) is 1.31. The summed E-state index contributed by atoms with van der Waals surface area (Å²) < 4.78 is 4.59. The van der Waals surface area contributed by atoms with E-state index in [0.29, 0.717) is 16.3 Å². The lowest BCUT2D eigenvalue weighted by Gasteiger charge is -2.02. The lowest BCUT2D eigenvalue weighted by Crippen LogP contribution is -2.21. The Kier molecular flexibility index (Phi) is 4.25. The third-order valence-electron chi connectivity index (χ3n) is 2.42. The monoisotopic (exact) mass is 276 g/mol. The van der Waals surface area contributed by atoms with Crippen LogP contribution in [0.1, 0.15) is 24.9 Å². The van der Waals surface area contributed by atoms with Gasteiger partial charge in [-0.2, -0.15) is 0 Å². The van der Waals surface area contributed by atoms with Crippen LogP contribution < -0.4 is 5.32 Å².